The van der Waals surface area contributed by atoms with Gasteiger partial charge >= 0.3 is 0 Å². The van der Waals surface area contributed by atoms with Gasteiger partial charge in [0.2, 0.25) is 15.9 Å². The van der Waals surface area contributed by atoms with E-state index in [9.17, 15) is 13.2 Å². The van der Waals surface area contributed by atoms with E-state index in [1.54, 1.807) is 31.2 Å². The topological polar surface area (TPSA) is 75.7 Å². The Morgan fingerprint density at radius 2 is 1.74 bits per heavy atom. The van der Waals surface area contributed by atoms with Crippen molar-refractivity contribution in [1.29, 1.82) is 0 Å². The molecule has 0 heterocycles. The third kappa shape index (κ3) is 5.45. The number of hydrogen-bond donors (Lipinski definition) is 1. The molecule has 0 aliphatic rings. The fourth-order valence-corrected chi connectivity index (χ4v) is 4.08. The minimum atomic E-state index is -3.78. The summed E-state index contributed by atoms with van der Waals surface area (Å²) in [5, 5.41) is 3.43. The van der Waals surface area contributed by atoms with Gasteiger partial charge in [0.05, 0.1) is 24.6 Å². The Hall–Kier alpha value is -2.09. The molecule has 0 saturated heterocycles. The Labute approximate surface area is 165 Å². The Kier molecular flexibility index (Phi) is 7.24. The first-order valence-corrected chi connectivity index (χ1v) is 10.3. The van der Waals surface area contributed by atoms with Crippen LogP contribution in [0.5, 0.6) is 5.75 Å². The molecule has 1 atom stereocenters. The highest BCUT2D eigenvalue weighted by molar-refractivity contribution is 7.89. The maximum absolute atomic E-state index is 12.8. The molecule has 0 aromatic heterocycles. The highest BCUT2D eigenvalue weighted by Crippen LogP contribution is 2.20. The van der Waals surface area contributed by atoms with E-state index in [0.29, 0.717) is 10.8 Å². The van der Waals surface area contributed by atoms with E-state index >= 15 is 0 Å². The number of hydrogen-bond acceptors (Lipinski definition) is 4. The summed E-state index contributed by atoms with van der Waals surface area (Å²) in [5.74, 6) is 0.183. The van der Waals surface area contributed by atoms with Crippen LogP contribution in [0, 0.1) is 0 Å². The summed E-state index contributed by atoms with van der Waals surface area (Å²) in [6, 6.07) is 12.9. The maximum Gasteiger partial charge on any atom is 0.243 e. The van der Waals surface area contributed by atoms with Crippen molar-refractivity contribution in [2.75, 3.05) is 20.2 Å². The molecule has 0 fully saturated rings. The standard InChI is InChI=1S/C19H23ClN2O4S/c1-4-22(27(24,25)18-11-9-17(26-3)10-12-18)13-19(23)21-14(2)15-5-7-16(20)8-6-15/h5-12,14H,4,13H2,1-3H3,(H,21,23)/t14-/m0/s1. The minimum Gasteiger partial charge on any atom is -0.497 e. The lowest BCUT2D eigenvalue weighted by molar-refractivity contribution is -0.121. The summed E-state index contributed by atoms with van der Waals surface area (Å²) in [6.45, 7) is 3.44. The van der Waals surface area contributed by atoms with Crippen molar-refractivity contribution in [3.05, 3.63) is 59.1 Å². The van der Waals surface area contributed by atoms with Crippen molar-refractivity contribution in [2.24, 2.45) is 0 Å². The number of nitrogens with one attached hydrogen (secondary N) is 1. The molecule has 0 radical (unpaired) electrons. The lowest BCUT2D eigenvalue weighted by atomic mass is 10.1. The van der Waals surface area contributed by atoms with Crippen molar-refractivity contribution in [3.63, 3.8) is 0 Å². The Bertz CT molecular complexity index is 868. The number of halogens is 1. The SMILES string of the molecule is CCN(CC(=O)N[C@@H](C)c1ccc(Cl)cc1)S(=O)(=O)c1ccc(OC)cc1. The van der Waals surface area contributed by atoms with Crippen LogP contribution in [0.3, 0.4) is 0 Å². The molecule has 0 unspecified atom stereocenters. The molecule has 0 saturated carbocycles. The zero-order chi connectivity index (χ0) is 20.0. The molecule has 1 N–H and O–H groups in total. The van der Waals surface area contributed by atoms with Crippen LogP contribution >= 0.6 is 11.6 Å². The van der Waals surface area contributed by atoms with Crippen LogP contribution in [0.2, 0.25) is 5.02 Å². The monoisotopic (exact) mass is 410 g/mol. The zero-order valence-corrected chi connectivity index (χ0v) is 17.0. The predicted octanol–water partition coefficient (Wildman–Crippen LogP) is 3.24. The normalized spacial score (nSPS) is 12.6. The largest absolute Gasteiger partial charge is 0.497 e. The van der Waals surface area contributed by atoms with E-state index in [1.807, 2.05) is 19.1 Å². The van der Waals surface area contributed by atoms with Gasteiger partial charge in [-0.15, -0.1) is 0 Å². The molecule has 2 aromatic carbocycles. The number of ether oxygens (including phenoxy) is 1. The van der Waals surface area contributed by atoms with Crippen LogP contribution in [0.15, 0.2) is 53.4 Å². The van der Waals surface area contributed by atoms with Gasteiger partial charge in [-0.1, -0.05) is 30.7 Å². The Balaban J connectivity index is 2.07. The minimum absolute atomic E-state index is 0.115. The van der Waals surface area contributed by atoms with E-state index in [2.05, 4.69) is 5.32 Å². The Morgan fingerprint density at radius 3 is 2.26 bits per heavy atom. The summed E-state index contributed by atoms with van der Waals surface area (Å²) in [5.41, 5.74) is 0.883. The third-order valence-electron chi connectivity index (χ3n) is 4.12. The molecule has 2 rings (SSSR count). The van der Waals surface area contributed by atoms with Crippen molar-refractivity contribution in [3.8, 4) is 5.75 Å². The van der Waals surface area contributed by atoms with Crippen LogP contribution < -0.4 is 10.1 Å². The number of sulfonamides is 1. The fourth-order valence-electron chi connectivity index (χ4n) is 2.55. The van der Waals surface area contributed by atoms with E-state index in [4.69, 9.17) is 16.3 Å². The van der Waals surface area contributed by atoms with Gasteiger partial charge in [0, 0.05) is 11.6 Å². The summed E-state index contributed by atoms with van der Waals surface area (Å²) >= 11 is 5.87. The van der Waals surface area contributed by atoms with E-state index in [0.717, 1.165) is 9.87 Å². The van der Waals surface area contributed by atoms with Crippen molar-refractivity contribution < 1.29 is 17.9 Å². The highest BCUT2D eigenvalue weighted by Gasteiger charge is 2.25. The average molecular weight is 411 g/mol. The summed E-state index contributed by atoms with van der Waals surface area (Å²) in [7, 11) is -2.27. The number of carbonyl (C=O) groups is 1. The average Bonchev–Trinajstić information content (AvgIpc) is 2.66. The predicted molar refractivity (Wildman–Crippen MR) is 105 cm³/mol. The van der Waals surface area contributed by atoms with Crippen LogP contribution in [0.1, 0.15) is 25.5 Å². The van der Waals surface area contributed by atoms with Gasteiger partial charge < -0.3 is 10.1 Å². The van der Waals surface area contributed by atoms with E-state index in [1.165, 1.54) is 19.2 Å². The molecular formula is C19H23ClN2O4S. The number of benzene rings is 2. The summed E-state index contributed by atoms with van der Waals surface area (Å²) in [4.78, 5) is 12.5. The highest BCUT2D eigenvalue weighted by atomic mass is 35.5. The lowest BCUT2D eigenvalue weighted by Gasteiger charge is -2.22. The lowest BCUT2D eigenvalue weighted by Crippen LogP contribution is -2.41. The summed E-state index contributed by atoms with van der Waals surface area (Å²) in [6.07, 6.45) is 0. The first-order valence-electron chi connectivity index (χ1n) is 8.47. The number of rotatable bonds is 8. The van der Waals surface area contributed by atoms with Gasteiger partial charge in [0.25, 0.3) is 0 Å². The first kappa shape index (κ1) is 21.2. The second kappa shape index (κ2) is 9.21. The van der Waals surface area contributed by atoms with Crippen molar-refractivity contribution in [1.82, 2.24) is 9.62 Å². The Morgan fingerprint density at radius 1 is 1.15 bits per heavy atom. The number of methoxy groups -OCH3 is 1. The second-order valence-electron chi connectivity index (χ2n) is 5.95. The van der Waals surface area contributed by atoms with Gasteiger partial charge in [-0.25, -0.2) is 8.42 Å². The number of nitrogens with zero attached hydrogens (tertiary/aromatic N) is 1. The number of amides is 1. The van der Waals surface area contributed by atoms with E-state index < -0.39 is 10.0 Å². The molecule has 146 valence electrons. The third-order valence-corrected chi connectivity index (χ3v) is 6.30. The van der Waals surface area contributed by atoms with Gasteiger partial charge in [-0.2, -0.15) is 4.31 Å². The maximum atomic E-state index is 12.8. The first-order chi connectivity index (χ1) is 12.8. The molecule has 27 heavy (non-hydrogen) atoms. The quantitative estimate of drug-likeness (QED) is 0.724. The van der Waals surface area contributed by atoms with Crippen LogP contribution in [0.25, 0.3) is 0 Å². The van der Waals surface area contributed by atoms with E-state index in [-0.39, 0.29) is 29.9 Å². The molecule has 0 aliphatic heterocycles. The number of likely N-dealkylation sites (N-methyl/N-ethyl adjacent to an activating group) is 1. The van der Waals surface area contributed by atoms with Gasteiger partial charge in [0.1, 0.15) is 5.75 Å². The van der Waals surface area contributed by atoms with Crippen LogP contribution in [-0.2, 0) is 14.8 Å². The van der Waals surface area contributed by atoms with Gasteiger partial charge in [-0.05, 0) is 48.9 Å². The molecular weight excluding hydrogens is 388 g/mol. The summed E-state index contributed by atoms with van der Waals surface area (Å²) < 4.78 is 31.7. The molecule has 1 amide bonds. The molecule has 0 aliphatic carbocycles. The van der Waals surface area contributed by atoms with Gasteiger partial charge in [-0.3, -0.25) is 4.79 Å². The zero-order valence-electron chi connectivity index (χ0n) is 15.5. The molecule has 6 nitrogen and oxygen atoms in total. The smallest absolute Gasteiger partial charge is 0.243 e. The number of carbonyl (C=O) groups excluding carboxylic acids is 1. The van der Waals surface area contributed by atoms with Crippen molar-refractivity contribution >= 4 is 27.5 Å². The second-order valence-corrected chi connectivity index (χ2v) is 8.32. The van der Waals surface area contributed by atoms with Crippen LogP contribution in [-0.4, -0.2) is 38.8 Å². The molecule has 2 aromatic rings. The molecule has 0 spiro atoms. The fraction of sp³-hybridized carbons (Fsp3) is 0.316. The van der Waals surface area contributed by atoms with Gasteiger partial charge in [0.15, 0.2) is 0 Å². The van der Waals surface area contributed by atoms with Crippen LogP contribution in [0.4, 0.5) is 0 Å². The van der Waals surface area contributed by atoms with Crippen molar-refractivity contribution in [2.45, 2.75) is 24.8 Å². The molecule has 0 bridgehead atoms. The molecule has 8 heteroatoms.